The van der Waals surface area contributed by atoms with Crippen molar-refractivity contribution < 1.29 is 0 Å². The van der Waals surface area contributed by atoms with Gasteiger partial charge in [0.2, 0.25) is 5.95 Å². The SMILES string of the molecule is c1ccc2cc(-c3nc(-c4ccc5ccccc5c4)nc(-n4c5ccccc5c5cc(-c6ccc7c(c6)c6ccccc6n7-c6cccc7c6sc6ccccc67)ccc54)n3)ccc2c1. The molecule has 0 aliphatic heterocycles. The second-order valence-corrected chi connectivity index (χ2v) is 17.9. The molecule has 0 spiro atoms. The van der Waals surface area contributed by atoms with Crippen molar-refractivity contribution in [2.75, 3.05) is 0 Å². The van der Waals surface area contributed by atoms with Crippen LogP contribution in [-0.4, -0.2) is 24.1 Å². The molecular weight excluding hydrogens is 811 g/mol. The number of para-hydroxylation sites is 2. The van der Waals surface area contributed by atoms with Gasteiger partial charge in [0, 0.05) is 48.1 Å². The molecule has 4 heterocycles. The van der Waals surface area contributed by atoms with Crippen molar-refractivity contribution in [3.63, 3.8) is 0 Å². The first kappa shape index (κ1) is 36.1. The summed E-state index contributed by atoms with van der Waals surface area (Å²) in [6, 6.07) is 76.3. The fourth-order valence-electron chi connectivity index (χ4n) is 10.1. The fourth-order valence-corrected chi connectivity index (χ4v) is 11.3. The normalized spacial score (nSPS) is 12.0. The molecule has 0 radical (unpaired) electrons. The Kier molecular flexibility index (Phi) is 7.79. The second kappa shape index (κ2) is 14.0. The first-order chi connectivity index (χ1) is 32.2. The zero-order valence-electron chi connectivity index (χ0n) is 34.9. The largest absolute Gasteiger partial charge is 0.308 e. The summed E-state index contributed by atoms with van der Waals surface area (Å²) in [4.78, 5) is 15.7. The molecule has 0 unspecified atom stereocenters. The maximum atomic E-state index is 5.28. The van der Waals surface area contributed by atoms with Crippen LogP contribution in [0, 0.1) is 0 Å². The third-order valence-corrected chi connectivity index (χ3v) is 14.4. The highest BCUT2D eigenvalue weighted by molar-refractivity contribution is 7.26. The van der Waals surface area contributed by atoms with Crippen molar-refractivity contribution >= 4 is 96.7 Å². The predicted octanol–water partition coefficient (Wildman–Crippen LogP) is 15.7. The lowest BCUT2D eigenvalue weighted by Crippen LogP contribution is -2.06. The van der Waals surface area contributed by atoms with Gasteiger partial charge in [0.15, 0.2) is 11.6 Å². The van der Waals surface area contributed by atoms with Gasteiger partial charge < -0.3 is 4.57 Å². The highest BCUT2D eigenvalue weighted by Gasteiger charge is 2.21. The molecule has 0 aliphatic rings. The van der Waals surface area contributed by atoms with Gasteiger partial charge in [-0.1, -0.05) is 152 Å². The topological polar surface area (TPSA) is 48.5 Å². The minimum Gasteiger partial charge on any atom is -0.308 e. The summed E-state index contributed by atoms with van der Waals surface area (Å²) in [5.74, 6) is 1.83. The number of hydrogen-bond donors (Lipinski definition) is 0. The highest BCUT2D eigenvalue weighted by Crippen LogP contribution is 2.42. The molecule has 65 heavy (non-hydrogen) atoms. The molecule has 0 atom stereocenters. The Labute approximate surface area is 376 Å². The molecule has 6 heteroatoms. The molecule has 4 aromatic heterocycles. The summed E-state index contributed by atoms with van der Waals surface area (Å²) < 4.78 is 7.27. The van der Waals surface area contributed by atoms with E-state index in [2.05, 4.69) is 221 Å². The molecule has 0 saturated carbocycles. The zero-order chi connectivity index (χ0) is 42.6. The van der Waals surface area contributed by atoms with Crippen LogP contribution in [0.15, 0.2) is 212 Å². The fraction of sp³-hybridized carbons (Fsp3) is 0. The number of fused-ring (bicyclic) bond motifs is 11. The molecule has 5 nitrogen and oxygen atoms in total. The highest BCUT2D eigenvalue weighted by atomic mass is 32.1. The summed E-state index contributed by atoms with van der Waals surface area (Å²) in [5, 5.41) is 12.0. The van der Waals surface area contributed by atoms with Crippen LogP contribution in [-0.2, 0) is 0 Å². The van der Waals surface area contributed by atoms with Gasteiger partial charge in [-0.25, -0.2) is 4.98 Å². The first-order valence-corrected chi connectivity index (χ1v) is 22.7. The van der Waals surface area contributed by atoms with E-state index in [0.29, 0.717) is 17.6 Å². The van der Waals surface area contributed by atoms with Crippen LogP contribution in [0.25, 0.3) is 131 Å². The number of rotatable bonds is 5. The lowest BCUT2D eigenvalue weighted by molar-refractivity contribution is 0.954. The average molecular weight is 846 g/mol. The molecule has 0 aliphatic carbocycles. The minimum absolute atomic E-state index is 0.577. The van der Waals surface area contributed by atoms with Gasteiger partial charge in [-0.2, -0.15) is 9.97 Å². The molecule has 0 fully saturated rings. The summed E-state index contributed by atoms with van der Waals surface area (Å²) in [6.07, 6.45) is 0. The van der Waals surface area contributed by atoms with Crippen molar-refractivity contribution in [1.29, 1.82) is 0 Å². The van der Waals surface area contributed by atoms with Crippen molar-refractivity contribution in [1.82, 2.24) is 24.1 Å². The van der Waals surface area contributed by atoms with E-state index < -0.39 is 0 Å². The van der Waals surface area contributed by atoms with Crippen LogP contribution >= 0.6 is 11.3 Å². The number of aromatic nitrogens is 5. The van der Waals surface area contributed by atoms with Crippen molar-refractivity contribution in [2.45, 2.75) is 0 Å². The smallest absolute Gasteiger partial charge is 0.238 e. The summed E-state index contributed by atoms with van der Waals surface area (Å²) >= 11 is 1.87. The van der Waals surface area contributed by atoms with Crippen LogP contribution in [0.5, 0.6) is 0 Å². The first-order valence-electron chi connectivity index (χ1n) is 21.9. The van der Waals surface area contributed by atoms with Crippen LogP contribution in [0.3, 0.4) is 0 Å². The van der Waals surface area contributed by atoms with Crippen molar-refractivity contribution in [3.8, 4) is 45.5 Å². The van der Waals surface area contributed by atoms with Gasteiger partial charge in [0.25, 0.3) is 0 Å². The molecular formula is C59H35N5S. The van der Waals surface area contributed by atoms with E-state index in [1.54, 1.807) is 0 Å². The van der Waals surface area contributed by atoms with E-state index in [0.717, 1.165) is 54.8 Å². The number of hydrogen-bond acceptors (Lipinski definition) is 4. The summed E-state index contributed by atoms with van der Waals surface area (Å²) in [6.45, 7) is 0. The van der Waals surface area contributed by atoms with Crippen LogP contribution in [0.1, 0.15) is 0 Å². The van der Waals surface area contributed by atoms with Gasteiger partial charge in [-0.3, -0.25) is 4.57 Å². The average Bonchev–Trinajstić information content (AvgIpc) is 4.03. The molecule has 14 aromatic rings. The second-order valence-electron chi connectivity index (χ2n) is 16.8. The van der Waals surface area contributed by atoms with Gasteiger partial charge in [-0.15, -0.1) is 11.3 Å². The zero-order valence-corrected chi connectivity index (χ0v) is 35.7. The van der Waals surface area contributed by atoms with Crippen LogP contribution in [0.4, 0.5) is 0 Å². The Morgan fingerprint density at radius 1 is 0.308 bits per heavy atom. The molecule has 0 amide bonds. The minimum atomic E-state index is 0.577. The number of benzene rings is 10. The van der Waals surface area contributed by atoms with Gasteiger partial charge >= 0.3 is 0 Å². The Hall–Kier alpha value is -8.45. The van der Waals surface area contributed by atoms with Gasteiger partial charge in [0.1, 0.15) is 0 Å². The van der Waals surface area contributed by atoms with E-state index in [4.69, 9.17) is 15.0 Å². The van der Waals surface area contributed by atoms with Crippen molar-refractivity contribution in [3.05, 3.63) is 212 Å². The van der Waals surface area contributed by atoms with Gasteiger partial charge in [-0.05, 0) is 93.3 Å². The maximum Gasteiger partial charge on any atom is 0.238 e. The standard InChI is InChI=1S/C59H35N5S/c1-3-14-38-32-42(26-24-36(38)12-1)57-60-58(43-27-25-37-13-2-4-15-39(37)33-43)62-59(61-57)64-51-21-9-6-17-45(51)49-35-41(29-31-53(49)64)40-28-30-52-48(34-40)44-16-5-8-20-50(44)63(52)54-22-11-19-47-46-18-7-10-23-55(46)65-56(47)54/h1-35H. The molecule has 0 saturated heterocycles. The van der Waals surface area contributed by atoms with Crippen molar-refractivity contribution in [2.24, 2.45) is 0 Å². The van der Waals surface area contributed by atoms with Crippen LogP contribution in [0.2, 0.25) is 0 Å². The number of nitrogens with zero attached hydrogens (tertiary/aromatic N) is 5. The Morgan fingerprint density at radius 2 is 0.785 bits per heavy atom. The Balaban J connectivity index is 0.947. The molecule has 0 bridgehead atoms. The Morgan fingerprint density at radius 3 is 1.42 bits per heavy atom. The van der Waals surface area contributed by atoms with E-state index in [-0.39, 0.29) is 0 Å². The van der Waals surface area contributed by atoms with E-state index in [9.17, 15) is 0 Å². The van der Waals surface area contributed by atoms with Gasteiger partial charge in [0.05, 0.1) is 32.5 Å². The summed E-state index contributed by atoms with van der Waals surface area (Å²) in [5.41, 5.74) is 9.86. The molecule has 302 valence electrons. The third kappa shape index (κ3) is 5.61. The number of thiophene rings is 1. The monoisotopic (exact) mass is 845 g/mol. The third-order valence-electron chi connectivity index (χ3n) is 13.1. The Bertz CT molecular complexity index is 4170. The lowest BCUT2D eigenvalue weighted by Gasteiger charge is -2.12. The molecule has 0 N–H and O–H groups in total. The summed E-state index contributed by atoms with van der Waals surface area (Å²) in [7, 11) is 0. The quantitative estimate of drug-likeness (QED) is 0.173. The lowest BCUT2D eigenvalue weighted by atomic mass is 10.0. The maximum absolute atomic E-state index is 5.28. The predicted molar refractivity (Wildman–Crippen MR) is 273 cm³/mol. The van der Waals surface area contributed by atoms with E-state index >= 15 is 0 Å². The van der Waals surface area contributed by atoms with Crippen LogP contribution < -0.4 is 0 Å². The molecule has 14 rings (SSSR count). The van der Waals surface area contributed by atoms with E-state index in [1.165, 1.54) is 58.4 Å². The van der Waals surface area contributed by atoms with E-state index in [1.807, 2.05) is 11.3 Å². The molecule has 10 aromatic carbocycles.